The topological polar surface area (TPSA) is 177 Å². The Kier molecular flexibility index (Phi) is 105. The van der Waals surface area contributed by atoms with Gasteiger partial charge in [-0.1, -0.05) is 0 Å². The molecule has 0 spiro atoms. The Hall–Kier alpha value is 4.34. The molecule has 0 saturated heterocycles. The zero-order valence-corrected chi connectivity index (χ0v) is 20.2. The summed E-state index contributed by atoms with van der Waals surface area (Å²) in [7, 11) is -5.39. The van der Waals surface area contributed by atoms with Crippen molar-refractivity contribution in [1.29, 1.82) is 0 Å². The van der Waals surface area contributed by atoms with E-state index in [2.05, 4.69) is 0 Å². The number of hydrogen-bond donors (Lipinski definition) is 1. The second-order valence-electron chi connectivity index (χ2n) is 0.713. The summed E-state index contributed by atoms with van der Waals surface area (Å²) in [5, 5.41) is 15.3. The second-order valence-corrected chi connectivity index (χ2v) is 1.61. The van der Waals surface area contributed by atoms with Crippen molar-refractivity contribution >= 4 is 14.0 Å². The van der Waals surface area contributed by atoms with Crippen LogP contribution in [0.3, 0.4) is 0 Å². The summed E-state index contributed by atoms with van der Waals surface area (Å²) in [5.41, 5.74) is 0. The zero-order chi connectivity index (χ0) is 8.08. The first-order chi connectivity index (χ1) is 3.73. The van der Waals surface area contributed by atoms with Crippen LogP contribution in [0.1, 0.15) is 0 Å². The van der Waals surface area contributed by atoms with Crippen molar-refractivity contribution in [2.45, 2.75) is 0 Å². The SMILES string of the molecule is O=C([O-])O.O=P([O-])([O-])[O-].[Na+].[Na+].[Na+].[Na+].[Na+].[OH-]. The number of hydrogen-bond acceptors (Lipinski definition) is 7. The van der Waals surface area contributed by atoms with Gasteiger partial charge in [-0.15, -0.1) is 0 Å². The minimum absolute atomic E-state index is 0. The maximum atomic E-state index is 8.55. The molecular formula is CH2Na5O8P. The third-order valence-electron chi connectivity index (χ3n) is 0. The van der Waals surface area contributed by atoms with E-state index in [1.165, 1.54) is 0 Å². The third kappa shape index (κ3) is 260. The maximum absolute atomic E-state index is 8.55. The fourth-order valence-corrected chi connectivity index (χ4v) is 0. The minimum Gasteiger partial charge on any atom is -0.870 e. The van der Waals surface area contributed by atoms with Gasteiger partial charge in [0.25, 0.3) is 0 Å². The van der Waals surface area contributed by atoms with Gasteiger partial charge in [0, 0.05) is 0 Å². The molecule has 0 bridgehead atoms. The minimum atomic E-state index is -5.39. The summed E-state index contributed by atoms with van der Waals surface area (Å²) in [4.78, 5) is 34.1. The molecule has 0 aromatic heterocycles. The van der Waals surface area contributed by atoms with Gasteiger partial charge in [-0.3, -0.25) is 0 Å². The van der Waals surface area contributed by atoms with Gasteiger partial charge in [0.15, 0.2) is 0 Å². The van der Waals surface area contributed by atoms with E-state index >= 15 is 0 Å². The van der Waals surface area contributed by atoms with Gasteiger partial charge in [-0.25, -0.2) is 0 Å². The van der Waals surface area contributed by atoms with Gasteiger partial charge in [-0.2, -0.15) is 7.82 Å². The van der Waals surface area contributed by atoms with E-state index in [1.54, 1.807) is 0 Å². The smallest absolute Gasteiger partial charge is 0.870 e. The summed E-state index contributed by atoms with van der Waals surface area (Å²) >= 11 is 0. The first kappa shape index (κ1) is 50.6. The molecule has 0 aliphatic heterocycles. The Balaban J connectivity index is -0.00000000785. The predicted molar refractivity (Wildman–Crippen MR) is 17.6 cm³/mol. The second kappa shape index (κ2) is 31.0. The number of phosphoric acid groups is 1. The fraction of sp³-hybridized carbons (Fsp3) is 0. The van der Waals surface area contributed by atoms with E-state index in [-0.39, 0.29) is 153 Å². The van der Waals surface area contributed by atoms with Gasteiger partial charge < -0.3 is 39.7 Å². The molecule has 0 radical (unpaired) electrons. The molecule has 14 heteroatoms. The van der Waals surface area contributed by atoms with Crippen molar-refractivity contribution in [1.82, 2.24) is 0 Å². The first-order valence-corrected chi connectivity index (χ1v) is 2.82. The van der Waals surface area contributed by atoms with Crippen LogP contribution in [0.5, 0.6) is 0 Å². The summed E-state index contributed by atoms with van der Waals surface area (Å²) in [6.45, 7) is 0. The van der Waals surface area contributed by atoms with E-state index in [0.29, 0.717) is 0 Å². The van der Waals surface area contributed by atoms with Crippen LogP contribution in [0.15, 0.2) is 0 Å². The molecule has 0 aliphatic carbocycles. The Morgan fingerprint density at radius 3 is 0.933 bits per heavy atom. The van der Waals surface area contributed by atoms with Crippen LogP contribution in [-0.4, -0.2) is 16.7 Å². The molecule has 0 aromatic carbocycles. The summed E-state index contributed by atoms with van der Waals surface area (Å²) < 4.78 is 8.55. The van der Waals surface area contributed by atoms with Crippen molar-refractivity contribution in [3.63, 3.8) is 0 Å². The van der Waals surface area contributed by atoms with Crippen molar-refractivity contribution in [3.05, 3.63) is 0 Å². The summed E-state index contributed by atoms with van der Waals surface area (Å²) in [6, 6.07) is 0. The van der Waals surface area contributed by atoms with E-state index in [9.17, 15) is 0 Å². The normalized spacial score (nSPS) is 5.53. The van der Waals surface area contributed by atoms with Crippen molar-refractivity contribution < 1.29 is 188 Å². The number of carboxylic acid groups (broad SMARTS) is 2. The van der Waals surface area contributed by atoms with E-state index < -0.39 is 14.0 Å². The monoisotopic (exact) mass is 288 g/mol. The Morgan fingerprint density at radius 1 is 0.933 bits per heavy atom. The quantitative estimate of drug-likeness (QED) is 0.337. The van der Waals surface area contributed by atoms with E-state index in [4.69, 9.17) is 34.3 Å². The summed E-state index contributed by atoms with van der Waals surface area (Å²) in [5.74, 6) is 0. The Morgan fingerprint density at radius 2 is 0.933 bits per heavy atom. The molecule has 8 nitrogen and oxygen atoms in total. The van der Waals surface area contributed by atoms with Crippen LogP contribution < -0.4 is 168 Å². The Labute approximate surface area is 197 Å². The van der Waals surface area contributed by atoms with Crippen LogP contribution in [0, 0.1) is 0 Å². The van der Waals surface area contributed by atoms with Crippen LogP contribution in [0.4, 0.5) is 4.79 Å². The molecule has 15 heavy (non-hydrogen) atoms. The van der Waals surface area contributed by atoms with E-state index in [0.717, 1.165) is 0 Å². The van der Waals surface area contributed by atoms with Gasteiger partial charge in [0.05, 0.1) is 0 Å². The summed E-state index contributed by atoms with van der Waals surface area (Å²) in [6.07, 6.45) is -2.08. The molecule has 2 N–H and O–H groups in total. The Bertz CT molecular complexity index is 123. The van der Waals surface area contributed by atoms with Gasteiger partial charge in [0.1, 0.15) is 0 Å². The number of carbonyl (C=O) groups is 1. The van der Waals surface area contributed by atoms with Crippen molar-refractivity contribution in [2.24, 2.45) is 0 Å². The first-order valence-electron chi connectivity index (χ1n) is 1.36. The average molecular weight is 288 g/mol. The third-order valence-corrected chi connectivity index (χ3v) is 0. The van der Waals surface area contributed by atoms with Crippen LogP contribution in [-0.2, 0) is 4.57 Å². The molecule has 0 saturated carbocycles. The molecule has 0 rings (SSSR count). The molecule has 0 unspecified atom stereocenters. The van der Waals surface area contributed by atoms with Crippen LogP contribution in [0.25, 0.3) is 0 Å². The largest absolute Gasteiger partial charge is 1.00 e. The van der Waals surface area contributed by atoms with Crippen LogP contribution >= 0.6 is 7.82 Å². The standard InChI is InChI=1S/CH2O3.5Na.H3O4P.H2O/c2-1(3)4;;;;;;1-5(2,3)4;/h(H2,2,3,4);;;;;;(H3,1,2,3,4);1H2/q;5*+1;;/p-5. The molecule has 0 amide bonds. The van der Waals surface area contributed by atoms with Crippen LogP contribution in [0.2, 0.25) is 0 Å². The zero-order valence-electron chi connectivity index (χ0n) is 9.29. The average Bonchev–Trinajstić information content (AvgIpc) is 1.19. The molecule has 0 fully saturated rings. The molecule has 0 heterocycles. The molecule has 0 atom stereocenters. The van der Waals surface area contributed by atoms with Gasteiger partial charge in [-0.05, 0) is 0 Å². The van der Waals surface area contributed by atoms with E-state index in [1.807, 2.05) is 0 Å². The van der Waals surface area contributed by atoms with Gasteiger partial charge >= 0.3 is 148 Å². The maximum Gasteiger partial charge on any atom is 1.00 e. The molecule has 0 aliphatic rings. The number of rotatable bonds is 0. The molecular weight excluding hydrogens is 286 g/mol. The van der Waals surface area contributed by atoms with Crippen molar-refractivity contribution in [2.75, 3.05) is 0 Å². The molecule has 0 aromatic rings. The fourth-order valence-electron chi connectivity index (χ4n) is 0. The molecule has 64 valence electrons. The van der Waals surface area contributed by atoms with Gasteiger partial charge in [0.2, 0.25) is 6.16 Å². The van der Waals surface area contributed by atoms with Crippen molar-refractivity contribution in [3.8, 4) is 0 Å². The predicted octanol–water partition coefficient (Wildman–Crippen LogP) is -19.1.